The standard InChI is InChI=1S/C13H22OSi/c1-5-6-7-11-8-12(14)10-13(9-11)15(2,3)4/h8-10,14H,5-7H2,1-4H3. The van der Waals surface area contributed by atoms with Crippen LogP contribution in [0.2, 0.25) is 19.6 Å². The molecule has 1 rings (SSSR count). The molecule has 1 aromatic rings. The number of hydrogen-bond donors (Lipinski definition) is 1. The van der Waals surface area contributed by atoms with Crippen LogP contribution in [0.4, 0.5) is 0 Å². The molecule has 0 saturated carbocycles. The first-order valence-electron chi connectivity index (χ1n) is 5.77. The Hall–Kier alpha value is -0.763. The molecule has 0 radical (unpaired) electrons. The quantitative estimate of drug-likeness (QED) is 0.775. The fourth-order valence-electron chi connectivity index (χ4n) is 1.63. The zero-order chi connectivity index (χ0) is 11.5. The predicted molar refractivity (Wildman–Crippen MR) is 69.7 cm³/mol. The van der Waals surface area contributed by atoms with E-state index in [1.807, 2.05) is 12.1 Å². The van der Waals surface area contributed by atoms with E-state index in [1.54, 1.807) is 0 Å². The van der Waals surface area contributed by atoms with Crippen LogP contribution in [-0.4, -0.2) is 13.2 Å². The normalized spacial score (nSPS) is 11.7. The van der Waals surface area contributed by atoms with E-state index >= 15 is 0 Å². The van der Waals surface area contributed by atoms with Gasteiger partial charge in [-0.15, -0.1) is 0 Å². The Kier molecular flexibility index (Phi) is 3.97. The third-order valence-corrected chi connectivity index (χ3v) is 4.68. The van der Waals surface area contributed by atoms with Gasteiger partial charge in [-0.3, -0.25) is 0 Å². The lowest BCUT2D eigenvalue weighted by Crippen LogP contribution is -2.37. The van der Waals surface area contributed by atoms with E-state index in [0.717, 1.165) is 6.42 Å². The smallest absolute Gasteiger partial charge is 0.115 e. The summed E-state index contributed by atoms with van der Waals surface area (Å²) in [6.07, 6.45) is 3.49. The Bertz CT molecular complexity index is 326. The van der Waals surface area contributed by atoms with E-state index in [0.29, 0.717) is 5.75 Å². The summed E-state index contributed by atoms with van der Waals surface area (Å²) in [6.45, 7) is 9.13. The van der Waals surface area contributed by atoms with Crippen molar-refractivity contribution in [3.05, 3.63) is 23.8 Å². The van der Waals surface area contributed by atoms with Gasteiger partial charge in [-0.2, -0.15) is 0 Å². The van der Waals surface area contributed by atoms with Crippen molar-refractivity contribution in [3.8, 4) is 5.75 Å². The van der Waals surface area contributed by atoms with Crippen LogP contribution in [0.3, 0.4) is 0 Å². The summed E-state index contributed by atoms with van der Waals surface area (Å²) >= 11 is 0. The number of rotatable bonds is 4. The van der Waals surface area contributed by atoms with Gasteiger partial charge in [0.2, 0.25) is 0 Å². The fourth-order valence-corrected chi connectivity index (χ4v) is 2.83. The molecule has 0 aliphatic heterocycles. The van der Waals surface area contributed by atoms with Gasteiger partial charge in [0, 0.05) is 0 Å². The van der Waals surface area contributed by atoms with Gasteiger partial charge in [-0.1, -0.05) is 44.2 Å². The molecule has 1 N–H and O–H groups in total. The summed E-state index contributed by atoms with van der Waals surface area (Å²) < 4.78 is 0. The largest absolute Gasteiger partial charge is 0.508 e. The van der Waals surface area contributed by atoms with E-state index in [9.17, 15) is 5.11 Å². The summed E-state index contributed by atoms with van der Waals surface area (Å²) in [6, 6.07) is 6.11. The first kappa shape index (κ1) is 12.3. The van der Waals surface area contributed by atoms with E-state index < -0.39 is 8.07 Å². The maximum atomic E-state index is 9.68. The van der Waals surface area contributed by atoms with E-state index in [-0.39, 0.29) is 0 Å². The number of phenolic OH excluding ortho intramolecular Hbond substituents is 1. The second-order valence-electron chi connectivity index (χ2n) is 5.24. The predicted octanol–water partition coefficient (Wildman–Crippen LogP) is 3.28. The van der Waals surface area contributed by atoms with Crippen LogP contribution in [0.15, 0.2) is 18.2 Å². The minimum Gasteiger partial charge on any atom is -0.508 e. The van der Waals surface area contributed by atoms with Crippen molar-refractivity contribution in [1.82, 2.24) is 0 Å². The van der Waals surface area contributed by atoms with Crippen molar-refractivity contribution < 1.29 is 5.11 Å². The monoisotopic (exact) mass is 222 g/mol. The van der Waals surface area contributed by atoms with Gasteiger partial charge in [0.05, 0.1) is 8.07 Å². The van der Waals surface area contributed by atoms with Crippen LogP contribution >= 0.6 is 0 Å². The van der Waals surface area contributed by atoms with Crippen molar-refractivity contribution in [2.75, 3.05) is 0 Å². The highest BCUT2D eigenvalue weighted by Gasteiger charge is 2.17. The Morgan fingerprint density at radius 2 is 1.80 bits per heavy atom. The number of unbranched alkanes of at least 4 members (excludes halogenated alkanes) is 1. The van der Waals surface area contributed by atoms with Crippen LogP contribution in [0.25, 0.3) is 0 Å². The number of aromatic hydroxyl groups is 1. The number of benzene rings is 1. The lowest BCUT2D eigenvalue weighted by Gasteiger charge is -2.18. The molecule has 15 heavy (non-hydrogen) atoms. The van der Waals surface area contributed by atoms with Crippen LogP contribution in [0.5, 0.6) is 5.75 Å². The molecular formula is C13H22OSi. The SMILES string of the molecule is CCCCc1cc(O)cc([Si](C)(C)C)c1. The molecule has 0 bridgehead atoms. The molecule has 84 valence electrons. The third kappa shape index (κ3) is 3.71. The van der Waals surface area contributed by atoms with Gasteiger partial charge in [-0.05, 0) is 30.5 Å². The molecule has 0 atom stereocenters. The number of hydrogen-bond acceptors (Lipinski definition) is 1. The van der Waals surface area contributed by atoms with Gasteiger partial charge in [0.1, 0.15) is 5.75 Å². The number of aryl methyl sites for hydroxylation is 1. The molecule has 0 aliphatic carbocycles. The van der Waals surface area contributed by atoms with Crippen molar-refractivity contribution in [2.45, 2.75) is 45.8 Å². The second kappa shape index (κ2) is 4.84. The number of phenols is 1. The Labute approximate surface area is 94.2 Å². The summed E-state index contributed by atoms with van der Waals surface area (Å²) in [7, 11) is -1.30. The first-order valence-corrected chi connectivity index (χ1v) is 9.27. The zero-order valence-electron chi connectivity index (χ0n) is 10.3. The molecule has 0 aromatic heterocycles. The third-order valence-electron chi connectivity index (χ3n) is 2.66. The summed E-state index contributed by atoms with van der Waals surface area (Å²) in [4.78, 5) is 0. The summed E-state index contributed by atoms with van der Waals surface area (Å²) in [5, 5.41) is 11.0. The van der Waals surface area contributed by atoms with Crippen LogP contribution < -0.4 is 5.19 Å². The average Bonchev–Trinajstić information content (AvgIpc) is 2.12. The molecule has 0 fully saturated rings. The van der Waals surface area contributed by atoms with Crippen molar-refractivity contribution in [2.24, 2.45) is 0 Å². The minimum atomic E-state index is -1.30. The topological polar surface area (TPSA) is 20.2 Å². The average molecular weight is 222 g/mol. The maximum Gasteiger partial charge on any atom is 0.115 e. The van der Waals surface area contributed by atoms with Crippen molar-refractivity contribution in [3.63, 3.8) is 0 Å². The molecule has 0 unspecified atom stereocenters. The highest BCUT2D eigenvalue weighted by Crippen LogP contribution is 2.15. The highest BCUT2D eigenvalue weighted by atomic mass is 28.3. The van der Waals surface area contributed by atoms with E-state index in [1.165, 1.54) is 23.6 Å². The lowest BCUT2D eigenvalue weighted by atomic mass is 10.1. The van der Waals surface area contributed by atoms with Gasteiger partial charge in [0.15, 0.2) is 0 Å². The highest BCUT2D eigenvalue weighted by molar-refractivity contribution is 6.88. The molecule has 1 nitrogen and oxygen atoms in total. The van der Waals surface area contributed by atoms with E-state index in [4.69, 9.17) is 0 Å². The molecule has 0 aliphatic rings. The van der Waals surface area contributed by atoms with Gasteiger partial charge in [0.25, 0.3) is 0 Å². The Morgan fingerprint density at radius 3 is 2.33 bits per heavy atom. The molecule has 2 heteroatoms. The Morgan fingerprint density at radius 1 is 1.13 bits per heavy atom. The molecule has 0 saturated heterocycles. The maximum absolute atomic E-state index is 9.68. The van der Waals surface area contributed by atoms with Crippen LogP contribution in [0, 0.1) is 0 Å². The zero-order valence-corrected chi connectivity index (χ0v) is 11.3. The first-order chi connectivity index (χ1) is 6.93. The van der Waals surface area contributed by atoms with Crippen LogP contribution in [0.1, 0.15) is 25.3 Å². The molecular weight excluding hydrogens is 200 g/mol. The fraction of sp³-hybridized carbons (Fsp3) is 0.538. The molecule has 0 heterocycles. The van der Waals surface area contributed by atoms with Crippen LogP contribution in [-0.2, 0) is 6.42 Å². The van der Waals surface area contributed by atoms with Crippen molar-refractivity contribution in [1.29, 1.82) is 0 Å². The van der Waals surface area contributed by atoms with Gasteiger partial charge >= 0.3 is 0 Å². The molecule has 0 amide bonds. The van der Waals surface area contributed by atoms with Gasteiger partial charge < -0.3 is 5.11 Å². The summed E-state index contributed by atoms with van der Waals surface area (Å²) in [5.74, 6) is 0.432. The van der Waals surface area contributed by atoms with Crippen molar-refractivity contribution >= 4 is 13.3 Å². The molecule has 1 aromatic carbocycles. The van der Waals surface area contributed by atoms with E-state index in [2.05, 4.69) is 32.6 Å². The molecule has 0 spiro atoms. The second-order valence-corrected chi connectivity index (χ2v) is 10.3. The minimum absolute atomic E-state index is 0.432. The lowest BCUT2D eigenvalue weighted by molar-refractivity contribution is 0.475. The summed E-state index contributed by atoms with van der Waals surface area (Å²) in [5.41, 5.74) is 1.29. The Balaban J connectivity index is 2.95. The van der Waals surface area contributed by atoms with Gasteiger partial charge in [-0.25, -0.2) is 0 Å².